The minimum Gasteiger partial charge on any atom is -0.494 e. The molecular formula is C37H46O7. The lowest BCUT2D eigenvalue weighted by Gasteiger charge is -2.13. The lowest BCUT2D eigenvalue weighted by molar-refractivity contribution is 0.0319. The van der Waals surface area contributed by atoms with E-state index in [1.807, 2.05) is 6.92 Å². The second-order valence-corrected chi connectivity index (χ2v) is 11.2. The van der Waals surface area contributed by atoms with Crippen LogP contribution in [0.2, 0.25) is 0 Å². The highest BCUT2D eigenvalue weighted by Crippen LogP contribution is 2.28. The molecule has 0 aliphatic carbocycles. The first kappa shape index (κ1) is 34.4. The Balaban J connectivity index is 1.55. The fraction of sp³-hybridized carbons (Fsp3) is 0.432. The molecular weight excluding hydrogens is 556 g/mol. The molecule has 236 valence electrons. The van der Waals surface area contributed by atoms with Gasteiger partial charge in [0.15, 0.2) is 0 Å². The SMILES string of the molecule is CCCCCCCCOc1ccc(-c2ccc(C(=O)Oc3ccc(C(=O)OC(C)CCCCCC)cc3)cc2)c(C(=O)O)c1. The molecule has 0 radical (unpaired) electrons. The van der Waals surface area contributed by atoms with Gasteiger partial charge in [0.2, 0.25) is 0 Å². The van der Waals surface area contributed by atoms with Crippen molar-refractivity contribution in [3.8, 4) is 22.6 Å². The Bertz CT molecular complexity index is 1330. The van der Waals surface area contributed by atoms with Crippen molar-refractivity contribution in [1.29, 1.82) is 0 Å². The molecule has 7 nitrogen and oxygen atoms in total. The Hall–Kier alpha value is -4.13. The third kappa shape index (κ3) is 11.2. The number of esters is 2. The number of carbonyl (C=O) groups is 3. The van der Waals surface area contributed by atoms with Gasteiger partial charge in [-0.25, -0.2) is 14.4 Å². The molecule has 3 aromatic rings. The van der Waals surface area contributed by atoms with E-state index in [1.165, 1.54) is 32.1 Å². The summed E-state index contributed by atoms with van der Waals surface area (Å²) < 4.78 is 16.8. The summed E-state index contributed by atoms with van der Waals surface area (Å²) in [5.74, 6) is -1.20. The van der Waals surface area contributed by atoms with Crippen LogP contribution in [0.3, 0.4) is 0 Å². The van der Waals surface area contributed by atoms with Crippen LogP contribution in [-0.4, -0.2) is 35.7 Å². The molecule has 0 aromatic heterocycles. The van der Waals surface area contributed by atoms with Gasteiger partial charge in [-0.1, -0.05) is 77.3 Å². The topological polar surface area (TPSA) is 99.1 Å². The van der Waals surface area contributed by atoms with Gasteiger partial charge in [-0.3, -0.25) is 0 Å². The molecule has 3 aromatic carbocycles. The quantitative estimate of drug-likeness (QED) is 0.0828. The van der Waals surface area contributed by atoms with E-state index in [0.29, 0.717) is 40.4 Å². The van der Waals surface area contributed by atoms with Crippen LogP contribution in [0, 0.1) is 0 Å². The van der Waals surface area contributed by atoms with Crippen LogP contribution in [0.4, 0.5) is 0 Å². The maximum absolute atomic E-state index is 12.8. The van der Waals surface area contributed by atoms with Crippen molar-refractivity contribution in [3.63, 3.8) is 0 Å². The van der Waals surface area contributed by atoms with E-state index in [1.54, 1.807) is 66.7 Å². The zero-order valence-corrected chi connectivity index (χ0v) is 26.3. The molecule has 0 aliphatic rings. The molecule has 1 unspecified atom stereocenters. The van der Waals surface area contributed by atoms with Gasteiger partial charge in [0.05, 0.1) is 29.4 Å². The van der Waals surface area contributed by atoms with Crippen molar-refractivity contribution in [2.24, 2.45) is 0 Å². The number of ether oxygens (including phenoxy) is 3. The zero-order chi connectivity index (χ0) is 31.7. The van der Waals surface area contributed by atoms with E-state index in [0.717, 1.165) is 38.5 Å². The number of carboxylic acids is 1. The highest BCUT2D eigenvalue weighted by Gasteiger charge is 2.16. The second kappa shape index (κ2) is 18.5. The summed E-state index contributed by atoms with van der Waals surface area (Å²) in [6, 6.07) is 17.9. The molecule has 0 saturated heterocycles. The molecule has 0 fully saturated rings. The molecule has 0 amide bonds. The van der Waals surface area contributed by atoms with Crippen molar-refractivity contribution in [3.05, 3.63) is 83.4 Å². The molecule has 0 spiro atoms. The summed E-state index contributed by atoms with van der Waals surface area (Å²) in [5.41, 5.74) is 2.02. The van der Waals surface area contributed by atoms with Gasteiger partial charge in [0.25, 0.3) is 0 Å². The molecule has 1 atom stereocenters. The summed E-state index contributed by atoms with van der Waals surface area (Å²) in [6.45, 7) is 6.80. The Kier molecular flexibility index (Phi) is 14.5. The van der Waals surface area contributed by atoms with Crippen LogP contribution in [0.5, 0.6) is 11.5 Å². The van der Waals surface area contributed by atoms with Gasteiger partial charge < -0.3 is 19.3 Å². The molecule has 0 saturated carbocycles. The summed E-state index contributed by atoms with van der Waals surface area (Å²) in [4.78, 5) is 37.3. The number of aromatic carboxylic acids is 1. The minimum atomic E-state index is -1.05. The molecule has 1 N–H and O–H groups in total. The smallest absolute Gasteiger partial charge is 0.343 e. The van der Waals surface area contributed by atoms with Gasteiger partial charge in [-0.2, -0.15) is 0 Å². The molecule has 0 aliphatic heterocycles. The number of benzene rings is 3. The molecule has 7 heteroatoms. The van der Waals surface area contributed by atoms with Crippen molar-refractivity contribution >= 4 is 17.9 Å². The first-order valence-electron chi connectivity index (χ1n) is 16.0. The van der Waals surface area contributed by atoms with E-state index in [2.05, 4.69) is 13.8 Å². The van der Waals surface area contributed by atoms with E-state index in [-0.39, 0.29) is 11.7 Å². The lowest BCUT2D eigenvalue weighted by atomic mass is 9.98. The van der Waals surface area contributed by atoms with Crippen molar-refractivity contribution in [1.82, 2.24) is 0 Å². The van der Waals surface area contributed by atoms with Crippen LogP contribution in [0.25, 0.3) is 11.1 Å². The van der Waals surface area contributed by atoms with Crippen molar-refractivity contribution < 1.29 is 33.7 Å². The highest BCUT2D eigenvalue weighted by molar-refractivity contribution is 5.97. The number of unbranched alkanes of at least 4 members (excludes halogenated alkanes) is 8. The molecule has 3 rings (SSSR count). The summed E-state index contributed by atoms with van der Waals surface area (Å²) in [7, 11) is 0. The Labute approximate surface area is 261 Å². The predicted molar refractivity (Wildman–Crippen MR) is 173 cm³/mol. The second-order valence-electron chi connectivity index (χ2n) is 11.2. The standard InChI is InChI=1S/C37H46O7/c1-4-6-8-10-11-13-25-42-32-23-24-33(34(26-32)35(38)39)28-15-17-29(18-16-28)37(41)44-31-21-19-30(20-22-31)36(40)43-27(3)14-12-9-7-5-2/h15-24,26-27H,4-14,25H2,1-3H3,(H,38,39). The van der Waals surface area contributed by atoms with Gasteiger partial charge in [0.1, 0.15) is 11.5 Å². The summed E-state index contributed by atoms with van der Waals surface area (Å²) in [5, 5.41) is 9.84. The molecule has 0 heterocycles. The predicted octanol–water partition coefficient (Wildman–Crippen LogP) is 9.53. The van der Waals surface area contributed by atoms with Gasteiger partial charge in [-0.05, 0) is 91.9 Å². The highest BCUT2D eigenvalue weighted by atomic mass is 16.5. The first-order valence-corrected chi connectivity index (χ1v) is 16.0. The Morgan fingerprint density at radius 3 is 1.91 bits per heavy atom. The average Bonchev–Trinajstić information content (AvgIpc) is 3.03. The van der Waals surface area contributed by atoms with Crippen LogP contribution >= 0.6 is 0 Å². The summed E-state index contributed by atoms with van der Waals surface area (Å²) in [6.07, 6.45) is 12.1. The number of carbonyl (C=O) groups excluding carboxylic acids is 2. The maximum Gasteiger partial charge on any atom is 0.343 e. The van der Waals surface area contributed by atoms with Crippen LogP contribution in [-0.2, 0) is 4.74 Å². The van der Waals surface area contributed by atoms with Crippen LogP contribution in [0.1, 0.15) is 122 Å². The lowest BCUT2D eigenvalue weighted by Crippen LogP contribution is -2.15. The van der Waals surface area contributed by atoms with Crippen LogP contribution < -0.4 is 9.47 Å². The Morgan fingerprint density at radius 2 is 1.25 bits per heavy atom. The van der Waals surface area contributed by atoms with E-state index in [4.69, 9.17) is 14.2 Å². The number of hydrogen-bond acceptors (Lipinski definition) is 6. The van der Waals surface area contributed by atoms with E-state index in [9.17, 15) is 19.5 Å². The fourth-order valence-electron chi connectivity index (χ4n) is 4.89. The van der Waals surface area contributed by atoms with E-state index >= 15 is 0 Å². The largest absolute Gasteiger partial charge is 0.494 e. The number of carboxylic acid groups (broad SMARTS) is 1. The minimum absolute atomic E-state index is 0.130. The summed E-state index contributed by atoms with van der Waals surface area (Å²) >= 11 is 0. The third-order valence-electron chi connectivity index (χ3n) is 7.49. The Morgan fingerprint density at radius 1 is 0.682 bits per heavy atom. The van der Waals surface area contributed by atoms with Gasteiger partial charge in [-0.15, -0.1) is 0 Å². The van der Waals surface area contributed by atoms with E-state index < -0.39 is 17.9 Å². The fourth-order valence-corrected chi connectivity index (χ4v) is 4.89. The van der Waals surface area contributed by atoms with Gasteiger partial charge in [0, 0.05) is 0 Å². The van der Waals surface area contributed by atoms with Crippen LogP contribution in [0.15, 0.2) is 66.7 Å². The normalized spacial score (nSPS) is 11.5. The van der Waals surface area contributed by atoms with Gasteiger partial charge >= 0.3 is 17.9 Å². The zero-order valence-electron chi connectivity index (χ0n) is 26.3. The van der Waals surface area contributed by atoms with Crippen molar-refractivity contribution in [2.45, 2.75) is 97.5 Å². The maximum atomic E-state index is 12.8. The average molecular weight is 603 g/mol. The first-order chi connectivity index (χ1) is 21.3. The molecule has 44 heavy (non-hydrogen) atoms. The third-order valence-corrected chi connectivity index (χ3v) is 7.49. The molecule has 0 bridgehead atoms. The number of hydrogen-bond donors (Lipinski definition) is 1. The number of rotatable bonds is 19. The monoisotopic (exact) mass is 602 g/mol. The van der Waals surface area contributed by atoms with Crippen molar-refractivity contribution in [2.75, 3.05) is 6.61 Å².